The third kappa shape index (κ3) is 5.50. The number of ether oxygens (including phenoxy) is 1. The van der Waals surface area contributed by atoms with Gasteiger partial charge in [-0.15, -0.1) is 0 Å². The van der Waals surface area contributed by atoms with Gasteiger partial charge in [0.05, 0.1) is 27.9 Å². The summed E-state index contributed by atoms with van der Waals surface area (Å²) in [7, 11) is -3.38. The molecule has 0 aliphatic heterocycles. The summed E-state index contributed by atoms with van der Waals surface area (Å²) in [5, 5.41) is 3.15. The molecule has 3 aromatic rings. The largest absolute Gasteiger partial charge is 0.446 e. The first-order valence-electron chi connectivity index (χ1n) is 10.1. The average molecular weight is 461 g/mol. The van der Waals surface area contributed by atoms with Gasteiger partial charge in [0.15, 0.2) is 5.13 Å². The Morgan fingerprint density at radius 2 is 1.94 bits per heavy atom. The third-order valence-corrected chi connectivity index (χ3v) is 6.77. The number of carbonyl (C=O) groups excluding carboxylic acids is 1. The zero-order valence-electron chi connectivity index (χ0n) is 17.3. The molecule has 2 N–H and O–H groups in total. The average Bonchev–Trinajstić information content (AvgIpc) is 3.10. The Morgan fingerprint density at radius 3 is 2.68 bits per heavy atom. The molecule has 4 rings (SSSR count). The van der Waals surface area contributed by atoms with Crippen LogP contribution in [-0.4, -0.2) is 36.8 Å². The molecule has 0 radical (unpaired) electrons. The van der Waals surface area contributed by atoms with Gasteiger partial charge in [-0.2, -0.15) is 0 Å². The first kappa shape index (κ1) is 21.5. The number of benzene rings is 1. The molecule has 1 fully saturated rings. The van der Waals surface area contributed by atoms with Crippen LogP contribution in [0.1, 0.15) is 37.8 Å². The van der Waals surface area contributed by atoms with E-state index in [0.29, 0.717) is 22.0 Å². The van der Waals surface area contributed by atoms with Crippen molar-refractivity contribution in [2.24, 2.45) is 0 Å². The lowest BCUT2D eigenvalue weighted by Gasteiger charge is -2.22. The molecular formula is C21H24N4O4S2. The molecular weight excluding hydrogens is 436 g/mol. The predicted molar refractivity (Wildman–Crippen MR) is 123 cm³/mol. The summed E-state index contributed by atoms with van der Waals surface area (Å²) >= 11 is 1.26. The Balaban J connectivity index is 1.54. The van der Waals surface area contributed by atoms with E-state index in [2.05, 4.69) is 20.0 Å². The first-order chi connectivity index (χ1) is 14.8. The number of amides is 1. The lowest BCUT2D eigenvalue weighted by molar-refractivity contribution is 0.0865. The summed E-state index contributed by atoms with van der Waals surface area (Å²) in [5.74, 6) is 0. The normalized spacial score (nSPS) is 15.0. The molecule has 0 atom stereocenters. The van der Waals surface area contributed by atoms with E-state index < -0.39 is 16.1 Å². The Labute approximate surface area is 185 Å². The number of nitrogens with zero attached hydrogens (tertiary/aromatic N) is 2. The van der Waals surface area contributed by atoms with Crippen molar-refractivity contribution in [1.29, 1.82) is 0 Å². The molecule has 0 saturated heterocycles. The number of pyridine rings is 1. The summed E-state index contributed by atoms with van der Waals surface area (Å²) in [6.45, 7) is 1.83. The second-order valence-corrected chi connectivity index (χ2v) is 10.5. The van der Waals surface area contributed by atoms with Gasteiger partial charge in [-0.1, -0.05) is 23.8 Å². The molecule has 0 spiro atoms. The lowest BCUT2D eigenvalue weighted by Crippen LogP contribution is -2.24. The van der Waals surface area contributed by atoms with Gasteiger partial charge in [0.25, 0.3) is 0 Å². The van der Waals surface area contributed by atoms with Crippen LogP contribution in [0.2, 0.25) is 0 Å². The molecule has 31 heavy (non-hydrogen) atoms. The van der Waals surface area contributed by atoms with Crippen LogP contribution < -0.4 is 10.0 Å². The van der Waals surface area contributed by atoms with Crippen LogP contribution in [0.15, 0.2) is 30.5 Å². The molecule has 2 heterocycles. The topological polar surface area (TPSA) is 110 Å². The van der Waals surface area contributed by atoms with E-state index >= 15 is 0 Å². The van der Waals surface area contributed by atoms with Crippen molar-refractivity contribution >= 4 is 48.5 Å². The smallest absolute Gasteiger partial charge is 0.411 e. The van der Waals surface area contributed by atoms with Crippen molar-refractivity contribution in [2.75, 3.05) is 16.3 Å². The van der Waals surface area contributed by atoms with E-state index in [0.717, 1.165) is 47.8 Å². The molecule has 1 amide bonds. The molecule has 0 bridgehead atoms. The summed E-state index contributed by atoms with van der Waals surface area (Å²) in [6, 6.07) is 7.51. The number of nitrogens with one attached hydrogen (secondary N) is 2. The number of fused-ring (bicyclic) bond motifs is 1. The monoisotopic (exact) mass is 460 g/mol. The quantitative estimate of drug-likeness (QED) is 0.559. The maximum atomic E-state index is 12.3. The van der Waals surface area contributed by atoms with Gasteiger partial charge in [-0.05, 0) is 56.4 Å². The van der Waals surface area contributed by atoms with E-state index in [1.165, 1.54) is 17.8 Å². The number of carbonyl (C=O) groups is 1. The fraction of sp³-hybridized carbons (Fsp3) is 0.381. The van der Waals surface area contributed by atoms with Gasteiger partial charge in [-0.3, -0.25) is 15.0 Å². The van der Waals surface area contributed by atoms with E-state index in [4.69, 9.17) is 4.74 Å². The number of hydrogen-bond donors (Lipinski definition) is 2. The fourth-order valence-corrected chi connectivity index (χ4v) is 5.34. The lowest BCUT2D eigenvalue weighted by atomic mass is 9.98. The number of aromatic nitrogens is 2. The summed E-state index contributed by atoms with van der Waals surface area (Å²) in [5.41, 5.74) is 3.71. The van der Waals surface area contributed by atoms with Crippen LogP contribution in [0.5, 0.6) is 0 Å². The number of thiazole rings is 1. The summed E-state index contributed by atoms with van der Waals surface area (Å²) in [4.78, 5) is 21.1. The van der Waals surface area contributed by atoms with Crippen LogP contribution in [0.25, 0.3) is 21.3 Å². The predicted octanol–water partition coefficient (Wildman–Crippen LogP) is 4.92. The second-order valence-electron chi connectivity index (χ2n) is 7.72. The molecule has 0 unspecified atom stereocenters. The van der Waals surface area contributed by atoms with E-state index in [1.54, 1.807) is 6.20 Å². The molecule has 1 aromatic carbocycles. The second kappa shape index (κ2) is 8.80. The molecule has 2 aromatic heterocycles. The molecule has 8 nitrogen and oxygen atoms in total. The van der Waals surface area contributed by atoms with Gasteiger partial charge in [0.1, 0.15) is 6.10 Å². The van der Waals surface area contributed by atoms with E-state index in [1.807, 2.05) is 31.2 Å². The number of anilines is 2. The molecule has 1 aliphatic carbocycles. The summed E-state index contributed by atoms with van der Waals surface area (Å²) < 4.78 is 31.7. The molecule has 1 saturated carbocycles. The van der Waals surface area contributed by atoms with Crippen molar-refractivity contribution in [3.8, 4) is 11.1 Å². The maximum absolute atomic E-state index is 12.3. The van der Waals surface area contributed by atoms with Crippen LogP contribution in [0, 0.1) is 6.92 Å². The minimum absolute atomic E-state index is 0.0197. The summed E-state index contributed by atoms with van der Waals surface area (Å²) in [6.07, 6.45) is 7.57. The van der Waals surface area contributed by atoms with Gasteiger partial charge in [0.2, 0.25) is 10.0 Å². The zero-order valence-corrected chi connectivity index (χ0v) is 19.0. The minimum atomic E-state index is -3.38. The van der Waals surface area contributed by atoms with E-state index in [-0.39, 0.29) is 6.10 Å². The van der Waals surface area contributed by atoms with Crippen molar-refractivity contribution < 1.29 is 17.9 Å². The maximum Gasteiger partial charge on any atom is 0.411 e. The number of aryl methyl sites for hydroxylation is 1. The molecule has 1 aliphatic rings. The Hall–Kier alpha value is -2.72. The molecule has 10 heteroatoms. The standard InChI is InChI=1S/C21H24N4O4S2/c1-13-18(24-21(26)29-16-6-4-3-5-7-16)10-15(12-22-13)14-8-9-17-19(11-14)30-20(23-17)25-31(2,27)28/h8-12,16H,3-7H2,1-2H3,(H,23,25)(H,24,26). The highest BCUT2D eigenvalue weighted by Gasteiger charge is 2.18. The zero-order chi connectivity index (χ0) is 22.0. The fourth-order valence-electron chi connectivity index (χ4n) is 3.60. The Morgan fingerprint density at radius 1 is 1.16 bits per heavy atom. The van der Waals surface area contributed by atoms with Crippen LogP contribution in [0.4, 0.5) is 15.6 Å². The highest BCUT2D eigenvalue weighted by molar-refractivity contribution is 7.92. The van der Waals surface area contributed by atoms with E-state index in [9.17, 15) is 13.2 Å². The van der Waals surface area contributed by atoms with Gasteiger partial charge >= 0.3 is 6.09 Å². The Kier molecular flexibility index (Phi) is 6.10. The van der Waals surface area contributed by atoms with Crippen molar-refractivity contribution in [3.05, 3.63) is 36.2 Å². The third-order valence-electron chi connectivity index (χ3n) is 5.14. The highest BCUT2D eigenvalue weighted by atomic mass is 32.2. The highest BCUT2D eigenvalue weighted by Crippen LogP contribution is 2.32. The van der Waals surface area contributed by atoms with Crippen molar-refractivity contribution in [1.82, 2.24) is 9.97 Å². The molecule has 164 valence electrons. The first-order valence-corrected chi connectivity index (χ1v) is 12.8. The van der Waals surface area contributed by atoms with Crippen molar-refractivity contribution in [2.45, 2.75) is 45.1 Å². The van der Waals surface area contributed by atoms with Gasteiger partial charge < -0.3 is 4.74 Å². The number of rotatable bonds is 5. The van der Waals surface area contributed by atoms with Crippen molar-refractivity contribution in [3.63, 3.8) is 0 Å². The van der Waals surface area contributed by atoms with Crippen LogP contribution >= 0.6 is 11.3 Å². The van der Waals surface area contributed by atoms with Crippen LogP contribution in [-0.2, 0) is 14.8 Å². The minimum Gasteiger partial charge on any atom is -0.446 e. The Bertz CT molecular complexity index is 1220. The van der Waals surface area contributed by atoms with Crippen LogP contribution in [0.3, 0.4) is 0 Å². The number of sulfonamides is 1. The van der Waals surface area contributed by atoms with Gasteiger partial charge in [0, 0.05) is 11.8 Å². The van der Waals surface area contributed by atoms with Gasteiger partial charge in [-0.25, -0.2) is 18.2 Å². The SMILES string of the molecule is Cc1ncc(-c2ccc3nc(NS(C)(=O)=O)sc3c2)cc1NC(=O)OC1CCCCC1. The number of hydrogen-bond acceptors (Lipinski definition) is 7.